The first-order valence-corrected chi connectivity index (χ1v) is 16.1. The van der Waals surface area contributed by atoms with Crippen molar-refractivity contribution in [3.63, 3.8) is 0 Å². The first-order chi connectivity index (χ1) is 21.0. The maximum Gasteiger partial charge on any atom is 0.340 e. The number of fused-ring (bicyclic) bond motifs is 1. The summed E-state index contributed by atoms with van der Waals surface area (Å²) in [6, 6.07) is 21.1. The Morgan fingerprint density at radius 1 is 0.744 bits per heavy atom. The Hall–Kier alpha value is -3.86. The third-order valence-electron chi connectivity index (χ3n) is 8.18. The third-order valence-corrected chi connectivity index (χ3v) is 8.18. The van der Waals surface area contributed by atoms with Gasteiger partial charge in [0, 0.05) is 23.1 Å². The Bertz CT molecular complexity index is 1330. The number of phenolic OH excluding ortho intramolecular Hbond substituents is 1. The summed E-state index contributed by atoms with van der Waals surface area (Å²) in [6.45, 7) is 2.26. The SMILES string of the molecule is CCCCCCCCC=CCCCCCCCC(=O)Oc1ccc(C2(c3ccc(O)cc3)OC(=O)c3ccccc32)cc1. The maximum atomic E-state index is 12.8. The number of allylic oxidation sites excluding steroid dienone is 2. The molecule has 0 aliphatic carbocycles. The van der Waals surface area contributed by atoms with Crippen LogP contribution in [0.2, 0.25) is 0 Å². The molecule has 0 saturated carbocycles. The number of carbonyl (C=O) groups is 2. The fourth-order valence-electron chi connectivity index (χ4n) is 5.79. The van der Waals surface area contributed by atoms with Crippen molar-refractivity contribution in [2.24, 2.45) is 0 Å². The normalized spacial score (nSPS) is 15.9. The predicted molar refractivity (Wildman–Crippen MR) is 171 cm³/mol. The van der Waals surface area contributed by atoms with Gasteiger partial charge in [0.15, 0.2) is 5.60 Å². The van der Waals surface area contributed by atoms with E-state index in [9.17, 15) is 14.7 Å². The predicted octanol–water partition coefficient (Wildman–Crippen LogP) is 9.80. The number of unbranched alkanes of at least 4 members (excludes halogenated alkanes) is 11. The van der Waals surface area contributed by atoms with Crippen LogP contribution in [0.1, 0.15) is 124 Å². The molecule has 0 fully saturated rings. The van der Waals surface area contributed by atoms with Gasteiger partial charge in [0.2, 0.25) is 0 Å². The van der Waals surface area contributed by atoms with Crippen molar-refractivity contribution in [3.05, 3.63) is 107 Å². The highest BCUT2D eigenvalue weighted by atomic mass is 16.6. The molecule has 0 aromatic heterocycles. The highest BCUT2D eigenvalue weighted by Gasteiger charge is 2.48. The zero-order valence-corrected chi connectivity index (χ0v) is 25.6. The highest BCUT2D eigenvalue weighted by Crippen LogP contribution is 2.47. The van der Waals surface area contributed by atoms with Gasteiger partial charge in [-0.3, -0.25) is 4.79 Å². The third kappa shape index (κ3) is 8.82. The Morgan fingerprint density at radius 3 is 1.95 bits per heavy atom. The highest BCUT2D eigenvalue weighted by molar-refractivity contribution is 5.96. The van der Waals surface area contributed by atoms with Crippen molar-refractivity contribution in [1.29, 1.82) is 0 Å². The smallest absolute Gasteiger partial charge is 0.340 e. The summed E-state index contributed by atoms with van der Waals surface area (Å²) in [5, 5.41) is 9.85. The Kier molecular flexibility index (Phi) is 12.4. The number of aromatic hydroxyl groups is 1. The number of ether oxygens (including phenoxy) is 2. The standard InChI is InChI=1S/C38H46O5/c1-2-3-4-5-6-7-8-9-10-11-12-13-14-15-16-21-36(40)42-33-28-24-31(25-29-33)38(30-22-26-32(39)27-23-30)35-20-18-17-19-34(35)37(41)43-38/h9-10,17-20,22-29,39H,2-8,11-16,21H2,1H3. The second-order valence-electron chi connectivity index (χ2n) is 11.5. The van der Waals surface area contributed by atoms with E-state index >= 15 is 0 Å². The minimum absolute atomic E-state index is 0.130. The van der Waals surface area contributed by atoms with Gasteiger partial charge in [-0.05, 0) is 62.4 Å². The minimum atomic E-state index is -1.16. The van der Waals surface area contributed by atoms with Crippen LogP contribution in [0.15, 0.2) is 84.9 Å². The molecule has 5 nitrogen and oxygen atoms in total. The van der Waals surface area contributed by atoms with E-state index in [1.165, 1.54) is 57.8 Å². The number of cyclic esters (lactones) is 1. The number of carbonyl (C=O) groups excluding carboxylic acids is 2. The number of hydrogen-bond donors (Lipinski definition) is 1. The van der Waals surface area contributed by atoms with Gasteiger partial charge in [0.1, 0.15) is 11.5 Å². The zero-order chi connectivity index (χ0) is 30.3. The molecule has 0 radical (unpaired) electrons. The van der Waals surface area contributed by atoms with E-state index in [0.29, 0.717) is 17.7 Å². The summed E-state index contributed by atoms with van der Waals surface area (Å²) >= 11 is 0. The zero-order valence-electron chi connectivity index (χ0n) is 25.6. The quantitative estimate of drug-likeness (QED) is 0.0699. The molecule has 228 valence electrons. The summed E-state index contributed by atoms with van der Waals surface area (Å²) in [4.78, 5) is 25.3. The topological polar surface area (TPSA) is 72.8 Å². The van der Waals surface area contributed by atoms with Crippen molar-refractivity contribution in [2.75, 3.05) is 0 Å². The van der Waals surface area contributed by atoms with Crippen molar-refractivity contribution in [3.8, 4) is 11.5 Å². The molecule has 1 aliphatic rings. The van der Waals surface area contributed by atoms with Crippen LogP contribution in [0.25, 0.3) is 0 Å². The molecule has 1 heterocycles. The fraction of sp³-hybridized carbons (Fsp3) is 0.421. The molecule has 5 heteroatoms. The Labute approximate surface area is 256 Å². The van der Waals surface area contributed by atoms with Gasteiger partial charge in [-0.2, -0.15) is 0 Å². The van der Waals surface area contributed by atoms with E-state index in [2.05, 4.69) is 19.1 Å². The summed E-state index contributed by atoms with van der Waals surface area (Å²) in [5.74, 6) is -0.0552. The largest absolute Gasteiger partial charge is 0.508 e. The number of hydrogen-bond acceptors (Lipinski definition) is 5. The fourth-order valence-corrected chi connectivity index (χ4v) is 5.79. The van der Waals surface area contributed by atoms with Gasteiger partial charge in [0.25, 0.3) is 0 Å². The van der Waals surface area contributed by atoms with Crippen LogP contribution < -0.4 is 4.74 Å². The van der Waals surface area contributed by atoms with Crippen LogP contribution in [0.3, 0.4) is 0 Å². The molecule has 43 heavy (non-hydrogen) atoms. The van der Waals surface area contributed by atoms with Crippen molar-refractivity contribution < 1.29 is 24.2 Å². The molecule has 3 aromatic carbocycles. The van der Waals surface area contributed by atoms with Crippen molar-refractivity contribution in [2.45, 2.75) is 102 Å². The number of benzene rings is 3. The summed E-state index contributed by atoms with van der Waals surface area (Å²) < 4.78 is 11.7. The van der Waals surface area contributed by atoms with Gasteiger partial charge < -0.3 is 14.6 Å². The molecule has 0 spiro atoms. The number of rotatable bonds is 18. The lowest BCUT2D eigenvalue weighted by Gasteiger charge is -2.30. The lowest BCUT2D eigenvalue weighted by Crippen LogP contribution is -2.29. The van der Waals surface area contributed by atoms with Crippen LogP contribution in [-0.2, 0) is 15.1 Å². The first-order valence-electron chi connectivity index (χ1n) is 16.1. The lowest BCUT2D eigenvalue weighted by molar-refractivity contribution is -0.134. The molecular weight excluding hydrogens is 536 g/mol. The maximum absolute atomic E-state index is 12.8. The van der Waals surface area contributed by atoms with Gasteiger partial charge >= 0.3 is 11.9 Å². The Balaban J connectivity index is 1.20. The molecule has 1 atom stereocenters. The van der Waals surface area contributed by atoms with Crippen molar-refractivity contribution in [1.82, 2.24) is 0 Å². The van der Waals surface area contributed by atoms with E-state index in [1.807, 2.05) is 30.3 Å². The average molecular weight is 583 g/mol. The van der Waals surface area contributed by atoms with E-state index in [-0.39, 0.29) is 11.7 Å². The van der Waals surface area contributed by atoms with E-state index in [1.54, 1.807) is 42.5 Å². The summed E-state index contributed by atoms with van der Waals surface area (Å²) in [6.07, 6.45) is 20.9. The van der Waals surface area contributed by atoms with Gasteiger partial charge in [0.05, 0.1) is 5.56 Å². The molecule has 1 aliphatic heterocycles. The first kappa shape index (κ1) is 32.1. The van der Waals surface area contributed by atoms with Gasteiger partial charge in [-0.1, -0.05) is 113 Å². The van der Waals surface area contributed by atoms with Crippen LogP contribution in [0, 0.1) is 0 Å². The monoisotopic (exact) mass is 582 g/mol. The van der Waals surface area contributed by atoms with Gasteiger partial charge in [-0.25, -0.2) is 4.79 Å². The number of esters is 2. The molecular formula is C38H46O5. The average Bonchev–Trinajstić information content (AvgIpc) is 3.33. The summed E-state index contributed by atoms with van der Waals surface area (Å²) in [7, 11) is 0. The van der Waals surface area contributed by atoms with Gasteiger partial charge in [-0.15, -0.1) is 0 Å². The molecule has 0 saturated heterocycles. The van der Waals surface area contributed by atoms with Crippen LogP contribution >= 0.6 is 0 Å². The van der Waals surface area contributed by atoms with Crippen molar-refractivity contribution >= 4 is 11.9 Å². The van der Waals surface area contributed by atoms with E-state index in [4.69, 9.17) is 9.47 Å². The number of phenols is 1. The molecule has 4 rings (SSSR count). The molecule has 1 N–H and O–H groups in total. The Morgan fingerprint density at radius 2 is 1.30 bits per heavy atom. The van der Waals surface area contributed by atoms with Crippen LogP contribution in [0.4, 0.5) is 0 Å². The molecule has 3 aromatic rings. The van der Waals surface area contributed by atoms with Crippen LogP contribution in [-0.4, -0.2) is 17.0 Å². The molecule has 0 bridgehead atoms. The molecule has 1 unspecified atom stereocenters. The van der Waals surface area contributed by atoms with E-state index in [0.717, 1.165) is 42.4 Å². The summed E-state index contributed by atoms with van der Waals surface area (Å²) in [5.41, 5.74) is 1.53. The second kappa shape index (κ2) is 16.7. The second-order valence-corrected chi connectivity index (χ2v) is 11.5. The molecule has 0 amide bonds. The van der Waals surface area contributed by atoms with E-state index < -0.39 is 11.6 Å². The minimum Gasteiger partial charge on any atom is -0.508 e. The lowest BCUT2D eigenvalue weighted by atomic mass is 9.80. The van der Waals surface area contributed by atoms with Crippen LogP contribution in [0.5, 0.6) is 11.5 Å².